The average molecular weight is 560 g/mol. The monoisotopic (exact) mass is 560 g/mol. The second-order valence-electron chi connectivity index (χ2n) is 10.3. The van der Waals surface area contributed by atoms with Gasteiger partial charge in [0.25, 0.3) is 11.8 Å². The summed E-state index contributed by atoms with van der Waals surface area (Å²) in [5.74, 6) is -7.07. The number of imide groups is 3. The van der Waals surface area contributed by atoms with E-state index in [0.717, 1.165) is 9.80 Å². The number of likely N-dealkylation sites (tertiary alicyclic amines) is 2. The third-order valence-electron chi connectivity index (χ3n) is 8.34. The van der Waals surface area contributed by atoms with Crippen LogP contribution in [0.2, 0.25) is 0 Å². The molecular weight excluding hydrogens is 536 g/mol. The topological polar surface area (TPSA) is 212 Å². The number of carboxylic acid groups (broad SMARTS) is 2. The minimum Gasteiger partial charge on any atom is -0.463 e. The van der Waals surface area contributed by atoms with Gasteiger partial charge in [-0.15, -0.1) is 10.0 Å². The fourth-order valence-electron chi connectivity index (χ4n) is 6.60. The number of hydrogen-bond acceptors (Lipinski definition) is 10. The SMILES string of the molecule is O=C1C2C3C=C[C@H](O3)C2C(=O)N1CCC(=O)N(C(=O)O)N(C(=O)O)C(=O)CCN1C(=O)C2C3C=CC(O3)[C@@H]2[C@@H]1O. The molecule has 0 radical (unpaired) electrons. The lowest BCUT2D eigenvalue weighted by Gasteiger charge is -2.29. The summed E-state index contributed by atoms with van der Waals surface area (Å²) in [7, 11) is 0. The van der Waals surface area contributed by atoms with E-state index in [9.17, 15) is 48.9 Å². The van der Waals surface area contributed by atoms with E-state index in [1.165, 1.54) is 0 Å². The average Bonchev–Trinajstić information content (AvgIpc) is 3.74. The van der Waals surface area contributed by atoms with Crippen molar-refractivity contribution >= 4 is 41.7 Å². The molecule has 16 nitrogen and oxygen atoms in total. The first-order chi connectivity index (χ1) is 19.0. The molecule has 212 valence electrons. The predicted octanol–water partition coefficient (Wildman–Crippen LogP) is -1.64. The number of carbonyl (C=O) groups is 7. The molecular formula is C24H24N4O12. The van der Waals surface area contributed by atoms with Crippen LogP contribution in [0.4, 0.5) is 9.59 Å². The lowest BCUT2D eigenvalue weighted by molar-refractivity contribution is -0.156. The number of amides is 7. The quantitative estimate of drug-likeness (QED) is 0.190. The van der Waals surface area contributed by atoms with Crippen molar-refractivity contribution < 1.29 is 58.4 Å². The van der Waals surface area contributed by atoms with Gasteiger partial charge in [0.2, 0.25) is 17.7 Å². The maximum atomic E-state index is 12.9. The highest BCUT2D eigenvalue weighted by atomic mass is 16.5. The number of aliphatic hydroxyl groups is 1. The van der Waals surface area contributed by atoms with E-state index in [1.807, 2.05) is 0 Å². The van der Waals surface area contributed by atoms with Gasteiger partial charge in [-0.3, -0.25) is 28.9 Å². The van der Waals surface area contributed by atoms with Gasteiger partial charge in [0, 0.05) is 31.8 Å². The molecule has 0 spiro atoms. The lowest BCUT2D eigenvalue weighted by atomic mass is 9.85. The minimum absolute atomic E-state index is 0.298. The van der Waals surface area contributed by atoms with E-state index >= 15 is 0 Å². The van der Waals surface area contributed by atoms with Crippen LogP contribution < -0.4 is 0 Å². The van der Waals surface area contributed by atoms with Crippen LogP contribution in [-0.2, 0) is 33.4 Å². The number of hydrazine groups is 1. The summed E-state index contributed by atoms with van der Waals surface area (Å²) in [6.07, 6.45) is -2.31. The molecule has 0 saturated carbocycles. The second-order valence-corrected chi connectivity index (χ2v) is 10.3. The Morgan fingerprint density at radius 2 is 1.15 bits per heavy atom. The van der Waals surface area contributed by atoms with Gasteiger partial charge in [0.1, 0.15) is 6.23 Å². The zero-order chi connectivity index (χ0) is 28.6. The molecule has 6 unspecified atom stereocenters. The van der Waals surface area contributed by atoms with Crippen LogP contribution in [0.3, 0.4) is 0 Å². The third-order valence-corrected chi connectivity index (χ3v) is 8.34. The molecule has 4 fully saturated rings. The van der Waals surface area contributed by atoms with Crippen molar-refractivity contribution in [3.8, 4) is 0 Å². The molecule has 6 aliphatic rings. The minimum atomic E-state index is -2.08. The Hall–Kier alpha value is -4.15. The molecule has 40 heavy (non-hydrogen) atoms. The van der Waals surface area contributed by atoms with Crippen LogP contribution >= 0.6 is 0 Å². The predicted molar refractivity (Wildman–Crippen MR) is 123 cm³/mol. The van der Waals surface area contributed by atoms with E-state index in [1.54, 1.807) is 24.3 Å². The highest BCUT2D eigenvalue weighted by Crippen LogP contribution is 2.47. The van der Waals surface area contributed by atoms with Crippen molar-refractivity contribution in [1.82, 2.24) is 19.8 Å². The Kier molecular flexibility index (Phi) is 6.01. The fraction of sp³-hybridized carbons (Fsp3) is 0.542. The molecule has 6 aliphatic heterocycles. The van der Waals surface area contributed by atoms with E-state index in [4.69, 9.17) is 9.47 Å². The summed E-state index contributed by atoms with van der Waals surface area (Å²) in [6.45, 7) is -0.960. The van der Waals surface area contributed by atoms with Gasteiger partial charge in [-0.1, -0.05) is 24.3 Å². The van der Waals surface area contributed by atoms with Gasteiger partial charge < -0.3 is 29.7 Å². The Bertz CT molecular complexity index is 1270. The number of carbonyl (C=O) groups excluding carboxylic acids is 5. The number of aliphatic hydroxyl groups excluding tert-OH is 1. The Balaban J connectivity index is 1.10. The van der Waals surface area contributed by atoms with Gasteiger partial charge >= 0.3 is 12.2 Å². The number of ether oxygens (including phenoxy) is 2. The van der Waals surface area contributed by atoms with Crippen LogP contribution in [0.15, 0.2) is 24.3 Å². The zero-order valence-electron chi connectivity index (χ0n) is 20.6. The van der Waals surface area contributed by atoms with Crippen molar-refractivity contribution in [3.63, 3.8) is 0 Å². The molecule has 16 heteroatoms. The molecule has 0 aromatic rings. The van der Waals surface area contributed by atoms with Crippen molar-refractivity contribution in [2.45, 2.75) is 43.5 Å². The van der Waals surface area contributed by atoms with Gasteiger partial charge in [0.05, 0.1) is 42.2 Å². The molecule has 0 aromatic carbocycles. The largest absolute Gasteiger partial charge is 0.463 e. The molecule has 6 heterocycles. The van der Waals surface area contributed by atoms with Crippen LogP contribution in [0, 0.1) is 23.7 Å². The summed E-state index contributed by atoms with van der Waals surface area (Å²) in [4.78, 5) is 89.7. The van der Waals surface area contributed by atoms with E-state index < -0.39 is 122 Å². The van der Waals surface area contributed by atoms with Crippen LogP contribution in [-0.4, -0.2) is 121 Å². The molecule has 3 N–H and O–H groups in total. The first-order valence-electron chi connectivity index (χ1n) is 12.6. The summed E-state index contributed by atoms with van der Waals surface area (Å²) in [5, 5.41) is 29.2. The highest BCUT2D eigenvalue weighted by Gasteiger charge is 2.61. The number of nitrogens with zero attached hydrogens (tertiary/aromatic N) is 4. The Labute approximate surface area is 224 Å². The van der Waals surface area contributed by atoms with E-state index in [-0.39, 0.29) is 10.0 Å². The summed E-state index contributed by atoms with van der Waals surface area (Å²) in [5.41, 5.74) is 0. The molecule has 0 aliphatic carbocycles. The van der Waals surface area contributed by atoms with Gasteiger partial charge in [-0.25, -0.2) is 9.59 Å². The van der Waals surface area contributed by atoms with E-state index in [2.05, 4.69) is 0 Å². The second kappa shape index (κ2) is 9.21. The van der Waals surface area contributed by atoms with Gasteiger partial charge in [0.15, 0.2) is 0 Å². The molecule has 0 aromatic heterocycles. The molecule has 4 saturated heterocycles. The smallest absolute Gasteiger partial charge is 0.434 e. The number of rotatable bonds is 6. The maximum Gasteiger partial charge on any atom is 0.434 e. The van der Waals surface area contributed by atoms with Crippen LogP contribution in [0.25, 0.3) is 0 Å². The molecule has 6 rings (SSSR count). The van der Waals surface area contributed by atoms with E-state index in [0.29, 0.717) is 0 Å². The number of hydrogen-bond donors (Lipinski definition) is 3. The number of fused-ring (bicyclic) bond motifs is 10. The molecule has 4 bridgehead atoms. The van der Waals surface area contributed by atoms with Crippen molar-refractivity contribution in [1.29, 1.82) is 0 Å². The highest BCUT2D eigenvalue weighted by molar-refractivity contribution is 6.07. The standard InChI is InChI=1S/C24H24N4O12/c29-13(5-7-25-19(31)15-9-1-2-10(39-9)16(15)20(25)32)27(23(35)36)28(24(37)38)14(30)6-8-26-21(33)17-11-3-4-12(40-11)18(17)22(26)34/h1-4,9-12,15-19,31H,5-8H2,(H,35,36)(H,37,38)/t9?,10?,11-,12?,15-,16?,17?,18?,19-/m0/s1. The van der Waals surface area contributed by atoms with Crippen molar-refractivity contribution in [2.75, 3.05) is 13.1 Å². The maximum absolute atomic E-state index is 12.9. The Morgan fingerprint density at radius 1 is 0.700 bits per heavy atom. The normalized spacial score (nSPS) is 36.0. The lowest BCUT2D eigenvalue weighted by Crippen LogP contribution is -2.55. The Morgan fingerprint density at radius 3 is 1.65 bits per heavy atom. The van der Waals surface area contributed by atoms with Crippen molar-refractivity contribution in [3.05, 3.63) is 24.3 Å². The summed E-state index contributed by atoms with van der Waals surface area (Å²) < 4.78 is 11.1. The molecule has 9 atom stereocenters. The van der Waals surface area contributed by atoms with Crippen LogP contribution in [0.1, 0.15) is 12.8 Å². The third kappa shape index (κ3) is 3.66. The fourth-order valence-corrected chi connectivity index (χ4v) is 6.60. The summed E-state index contributed by atoms with van der Waals surface area (Å²) in [6, 6.07) is 0. The van der Waals surface area contributed by atoms with Crippen molar-refractivity contribution in [2.24, 2.45) is 23.7 Å². The zero-order valence-corrected chi connectivity index (χ0v) is 20.6. The first-order valence-corrected chi connectivity index (χ1v) is 12.6. The first kappa shape index (κ1) is 26.1. The van der Waals surface area contributed by atoms with Crippen LogP contribution in [0.5, 0.6) is 0 Å². The van der Waals surface area contributed by atoms with Gasteiger partial charge in [-0.05, 0) is 0 Å². The summed E-state index contributed by atoms with van der Waals surface area (Å²) >= 11 is 0. The van der Waals surface area contributed by atoms with Gasteiger partial charge in [-0.2, -0.15) is 0 Å². The molecule has 7 amide bonds.